The number of nitrogens with one attached hydrogen (secondary N) is 1. The Morgan fingerprint density at radius 1 is 1.41 bits per heavy atom. The van der Waals surface area contributed by atoms with E-state index in [1.54, 1.807) is 0 Å². The minimum atomic E-state index is 0.375. The van der Waals surface area contributed by atoms with Gasteiger partial charge in [0.25, 0.3) is 0 Å². The van der Waals surface area contributed by atoms with E-state index in [-0.39, 0.29) is 0 Å². The molecule has 2 atom stereocenters. The Morgan fingerprint density at radius 2 is 2.29 bits per heavy atom. The Morgan fingerprint density at radius 3 is 3.00 bits per heavy atom. The SMILES string of the molecule is CC(NCC1CC=CCC1)c1cccc(Cl)c1. The summed E-state index contributed by atoms with van der Waals surface area (Å²) in [6.45, 7) is 3.29. The van der Waals surface area contributed by atoms with E-state index in [9.17, 15) is 0 Å². The van der Waals surface area contributed by atoms with E-state index in [1.807, 2.05) is 18.2 Å². The van der Waals surface area contributed by atoms with E-state index in [0.717, 1.165) is 17.5 Å². The summed E-state index contributed by atoms with van der Waals surface area (Å²) in [5.74, 6) is 0.793. The second-order valence-corrected chi connectivity index (χ2v) is 5.27. The first-order chi connectivity index (χ1) is 8.25. The first-order valence-corrected chi connectivity index (χ1v) is 6.77. The summed E-state index contributed by atoms with van der Waals surface area (Å²) >= 11 is 6.00. The van der Waals surface area contributed by atoms with E-state index < -0.39 is 0 Å². The Hall–Kier alpha value is -0.790. The molecule has 17 heavy (non-hydrogen) atoms. The highest BCUT2D eigenvalue weighted by atomic mass is 35.5. The molecule has 1 aliphatic rings. The van der Waals surface area contributed by atoms with Crippen molar-refractivity contribution in [2.24, 2.45) is 5.92 Å². The van der Waals surface area contributed by atoms with E-state index in [1.165, 1.54) is 24.8 Å². The standard InChI is InChI=1S/C15H20ClN/c1-12(14-8-5-9-15(16)10-14)17-11-13-6-3-2-4-7-13/h2-3,5,8-10,12-13,17H,4,6-7,11H2,1H3. The lowest BCUT2D eigenvalue weighted by Gasteiger charge is -2.21. The van der Waals surface area contributed by atoms with E-state index in [0.29, 0.717) is 6.04 Å². The maximum atomic E-state index is 6.00. The molecule has 0 radical (unpaired) electrons. The minimum Gasteiger partial charge on any atom is -0.310 e. The third kappa shape index (κ3) is 3.86. The molecule has 0 saturated heterocycles. The van der Waals surface area contributed by atoms with Crippen LogP contribution in [0.5, 0.6) is 0 Å². The fourth-order valence-corrected chi connectivity index (χ4v) is 2.48. The third-order valence-corrected chi connectivity index (χ3v) is 3.67. The Bertz CT molecular complexity index is 386. The highest BCUT2D eigenvalue weighted by Gasteiger charge is 2.12. The fraction of sp³-hybridized carbons (Fsp3) is 0.467. The monoisotopic (exact) mass is 249 g/mol. The van der Waals surface area contributed by atoms with Gasteiger partial charge >= 0.3 is 0 Å². The molecule has 1 aliphatic carbocycles. The first-order valence-electron chi connectivity index (χ1n) is 6.39. The number of halogens is 1. The van der Waals surface area contributed by atoms with Crippen molar-refractivity contribution in [3.05, 3.63) is 47.0 Å². The van der Waals surface area contributed by atoms with Crippen molar-refractivity contribution in [2.75, 3.05) is 6.54 Å². The van der Waals surface area contributed by atoms with Crippen LogP contribution in [-0.4, -0.2) is 6.54 Å². The van der Waals surface area contributed by atoms with Gasteiger partial charge in [0.2, 0.25) is 0 Å². The number of benzene rings is 1. The molecule has 1 aromatic carbocycles. The predicted octanol–water partition coefficient (Wildman–Crippen LogP) is 4.35. The third-order valence-electron chi connectivity index (χ3n) is 3.44. The molecule has 0 fully saturated rings. The molecule has 1 nitrogen and oxygen atoms in total. The van der Waals surface area contributed by atoms with E-state index >= 15 is 0 Å². The lowest BCUT2D eigenvalue weighted by molar-refractivity contribution is 0.415. The van der Waals surface area contributed by atoms with Crippen LogP contribution in [0.25, 0.3) is 0 Å². The van der Waals surface area contributed by atoms with Gasteiger partial charge in [0.05, 0.1) is 0 Å². The van der Waals surface area contributed by atoms with Crippen molar-refractivity contribution >= 4 is 11.6 Å². The van der Waals surface area contributed by atoms with Crippen molar-refractivity contribution < 1.29 is 0 Å². The van der Waals surface area contributed by atoms with Crippen LogP contribution in [0.4, 0.5) is 0 Å². The number of hydrogen-bond donors (Lipinski definition) is 1. The van der Waals surface area contributed by atoms with Gasteiger partial charge in [-0.15, -0.1) is 0 Å². The van der Waals surface area contributed by atoms with Crippen LogP contribution in [0.1, 0.15) is 37.8 Å². The number of rotatable bonds is 4. The molecular weight excluding hydrogens is 230 g/mol. The van der Waals surface area contributed by atoms with Crippen molar-refractivity contribution in [3.8, 4) is 0 Å². The van der Waals surface area contributed by atoms with Crippen LogP contribution in [0.2, 0.25) is 5.02 Å². The molecule has 2 unspecified atom stereocenters. The number of allylic oxidation sites excluding steroid dienone is 2. The van der Waals surface area contributed by atoms with E-state index in [4.69, 9.17) is 11.6 Å². The van der Waals surface area contributed by atoms with Gasteiger partial charge in [-0.25, -0.2) is 0 Å². The molecule has 0 aromatic heterocycles. The van der Waals surface area contributed by atoms with Gasteiger partial charge in [0, 0.05) is 11.1 Å². The zero-order valence-electron chi connectivity index (χ0n) is 10.3. The zero-order chi connectivity index (χ0) is 12.1. The first kappa shape index (κ1) is 12.7. The maximum absolute atomic E-state index is 6.00. The predicted molar refractivity (Wildman–Crippen MR) is 74.4 cm³/mol. The summed E-state index contributed by atoms with van der Waals surface area (Å²) in [7, 11) is 0. The topological polar surface area (TPSA) is 12.0 Å². The molecular formula is C15H20ClN. The Balaban J connectivity index is 1.84. The van der Waals surface area contributed by atoms with Crippen molar-refractivity contribution in [3.63, 3.8) is 0 Å². The van der Waals surface area contributed by atoms with Crippen molar-refractivity contribution in [2.45, 2.75) is 32.2 Å². The van der Waals surface area contributed by atoms with Gasteiger partial charge in [0.1, 0.15) is 0 Å². The van der Waals surface area contributed by atoms with Crippen LogP contribution in [0.3, 0.4) is 0 Å². The molecule has 1 N–H and O–H groups in total. The summed E-state index contributed by atoms with van der Waals surface area (Å²) in [5.41, 5.74) is 1.27. The number of hydrogen-bond acceptors (Lipinski definition) is 1. The molecule has 92 valence electrons. The van der Waals surface area contributed by atoms with Gasteiger partial charge in [-0.2, -0.15) is 0 Å². The summed E-state index contributed by atoms with van der Waals surface area (Å²) in [6.07, 6.45) is 8.36. The zero-order valence-corrected chi connectivity index (χ0v) is 11.1. The van der Waals surface area contributed by atoms with Gasteiger partial charge < -0.3 is 5.32 Å². The van der Waals surface area contributed by atoms with E-state index in [2.05, 4.69) is 30.5 Å². The van der Waals surface area contributed by atoms with Gasteiger partial charge in [-0.3, -0.25) is 0 Å². The average molecular weight is 250 g/mol. The quantitative estimate of drug-likeness (QED) is 0.783. The van der Waals surface area contributed by atoms with Gasteiger partial charge in [0.15, 0.2) is 0 Å². The van der Waals surface area contributed by atoms with Crippen molar-refractivity contribution in [1.82, 2.24) is 5.32 Å². The summed E-state index contributed by atoms with van der Waals surface area (Å²) < 4.78 is 0. The van der Waals surface area contributed by atoms with Gasteiger partial charge in [-0.1, -0.05) is 35.9 Å². The lowest BCUT2D eigenvalue weighted by atomic mass is 9.94. The maximum Gasteiger partial charge on any atom is 0.0409 e. The summed E-state index contributed by atoms with van der Waals surface area (Å²) in [6, 6.07) is 8.48. The highest BCUT2D eigenvalue weighted by Crippen LogP contribution is 2.20. The molecule has 0 bridgehead atoms. The lowest BCUT2D eigenvalue weighted by Crippen LogP contribution is -2.26. The minimum absolute atomic E-state index is 0.375. The molecule has 2 rings (SSSR count). The average Bonchev–Trinajstić information content (AvgIpc) is 2.37. The van der Waals surface area contributed by atoms with Gasteiger partial charge in [-0.05, 0) is 56.3 Å². The molecule has 0 aliphatic heterocycles. The van der Waals surface area contributed by atoms with Crippen LogP contribution in [0, 0.1) is 5.92 Å². The molecule has 0 amide bonds. The molecule has 1 aromatic rings. The molecule has 0 heterocycles. The molecule has 2 heteroatoms. The largest absolute Gasteiger partial charge is 0.310 e. The molecule has 0 saturated carbocycles. The van der Waals surface area contributed by atoms with Crippen LogP contribution in [-0.2, 0) is 0 Å². The van der Waals surface area contributed by atoms with Crippen LogP contribution >= 0.6 is 11.6 Å². The smallest absolute Gasteiger partial charge is 0.0409 e. The van der Waals surface area contributed by atoms with Crippen molar-refractivity contribution in [1.29, 1.82) is 0 Å². The normalized spacial score (nSPS) is 21.4. The van der Waals surface area contributed by atoms with Crippen LogP contribution in [0.15, 0.2) is 36.4 Å². The second kappa shape index (κ2) is 6.23. The van der Waals surface area contributed by atoms with Crippen LogP contribution < -0.4 is 5.32 Å². The second-order valence-electron chi connectivity index (χ2n) is 4.84. The summed E-state index contributed by atoms with van der Waals surface area (Å²) in [4.78, 5) is 0. The summed E-state index contributed by atoms with van der Waals surface area (Å²) in [5, 5.41) is 4.42. The Labute approximate surface area is 109 Å². The highest BCUT2D eigenvalue weighted by molar-refractivity contribution is 6.30. The molecule has 0 spiro atoms. The fourth-order valence-electron chi connectivity index (χ4n) is 2.28. The Kier molecular flexibility index (Phi) is 4.64.